The lowest BCUT2D eigenvalue weighted by Crippen LogP contribution is -2.43. The summed E-state index contributed by atoms with van der Waals surface area (Å²) in [6, 6.07) is 6.98. The second kappa shape index (κ2) is 9.84. The number of esters is 1. The van der Waals surface area contributed by atoms with Gasteiger partial charge in [-0.05, 0) is 53.8 Å². The maximum Gasteiger partial charge on any atom is 0.338 e. The zero-order chi connectivity index (χ0) is 19.1. The van der Waals surface area contributed by atoms with Crippen LogP contribution in [0.25, 0.3) is 0 Å². The molecule has 2 heterocycles. The Bertz CT molecular complexity index is 740. The van der Waals surface area contributed by atoms with Gasteiger partial charge in [0.25, 0.3) is 0 Å². The van der Waals surface area contributed by atoms with E-state index in [1.807, 2.05) is 0 Å². The number of carbonyl (C=O) groups excluding carboxylic acids is 1. The number of hydrogen-bond acceptors (Lipinski definition) is 7. The molecule has 0 saturated carbocycles. The first kappa shape index (κ1) is 19.8. The molecule has 144 valence electrons. The van der Waals surface area contributed by atoms with E-state index in [4.69, 9.17) is 14.2 Å². The minimum Gasteiger partial charge on any atom is -0.493 e. The van der Waals surface area contributed by atoms with Crippen molar-refractivity contribution in [1.82, 2.24) is 9.97 Å². The monoisotopic (exact) mass is 483 g/mol. The van der Waals surface area contributed by atoms with Gasteiger partial charge >= 0.3 is 5.97 Å². The summed E-state index contributed by atoms with van der Waals surface area (Å²) in [5.41, 5.74) is 0.522. The average molecular weight is 483 g/mol. The number of nitrogens with zero attached hydrogens (tertiary/aromatic N) is 3. The summed E-state index contributed by atoms with van der Waals surface area (Å²) in [6.45, 7) is 4.92. The van der Waals surface area contributed by atoms with Crippen molar-refractivity contribution in [3.8, 4) is 5.75 Å². The molecule has 0 N–H and O–H groups in total. The number of benzene rings is 1. The molecular weight excluding hydrogens is 461 g/mol. The molecular formula is C19H22IN3O4. The summed E-state index contributed by atoms with van der Waals surface area (Å²) in [5, 5.41) is 0. The van der Waals surface area contributed by atoms with Crippen molar-refractivity contribution in [3.63, 3.8) is 0 Å². The van der Waals surface area contributed by atoms with Gasteiger partial charge in [0.05, 0.1) is 43.9 Å². The van der Waals surface area contributed by atoms with Gasteiger partial charge in [-0.3, -0.25) is 0 Å². The van der Waals surface area contributed by atoms with E-state index < -0.39 is 0 Å². The predicted molar refractivity (Wildman–Crippen MR) is 109 cm³/mol. The van der Waals surface area contributed by atoms with Gasteiger partial charge in [-0.1, -0.05) is 0 Å². The van der Waals surface area contributed by atoms with Crippen LogP contribution in [-0.4, -0.2) is 55.0 Å². The molecule has 1 aromatic heterocycles. The number of rotatable bonds is 7. The van der Waals surface area contributed by atoms with Crippen molar-refractivity contribution < 1.29 is 19.0 Å². The number of ether oxygens (including phenoxy) is 3. The third kappa shape index (κ3) is 5.77. The standard InChI is InChI=1S/C19H22IN3O4/c1-2-25-19(24)14-3-5-15(6-4-14)26-9-7-16-13-23(8-10-27-16)18-12-21-17(20)11-22-18/h3-6,11-12,16H,2,7-10,13H2,1H3. The van der Waals surface area contributed by atoms with Gasteiger partial charge in [-0.15, -0.1) is 0 Å². The minimum absolute atomic E-state index is 0.0821. The van der Waals surface area contributed by atoms with Gasteiger partial charge in [-0.25, -0.2) is 14.8 Å². The van der Waals surface area contributed by atoms with Crippen LogP contribution in [0, 0.1) is 3.70 Å². The predicted octanol–water partition coefficient (Wildman–Crippen LogP) is 2.93. The Balaban J connectivity index is 1.46. The highest BCUT2D eigenvalue weighted by Crippen LogP contribution is 2.18. The molecule has 1 fully saturated rings. The molecule has 1 aromatic carbocycles. The lowest BCUT2D eigenvalue weighted by atomic mass is 10.2. The summed E-state index contributed by atoms with van der Waals surface area (Å²) in [6.07, 6.45) is 4.42. The van der Waals surface area contributed by atoms with Crippen molar-refractivity contribution >= 4 is 34.4 Å². The van der Waals surface area contributed by atoms with Gasteiger partial charge in [0.15, 0.2) is 0 Å². The van der Waals surface area contributed by atoms with Crippen LogP contribution in [0.4, 0.5) is 5.82 Å². The molecule has 7 nitrogen and oxygen atoms in total. The second-order valence-electron chi connectivity index (χ2n) is 6.02. The molecule has 8 heteroatoms. The largest absolute Gasteiger partial charge is 0.493 e. The van der Waals surface area contributed by atoms with Crippen LogP contribution in [0.2, 0.25) is 0 Å². The Morgan fingerprint density at radius 3 is 2.81 bits per heavy atom. The molecule has 1 aliphatic rings. The molecule has 27 heavy (non-hydrogen) atoms. The third-order valence-electron chi connectivity index (χ3n) is 4.14. The summed E-state index contributed by atoms with van der Waals surface area (Å²) < 4.78 is 17.5. The van der Waals surface area contributed by atoms with Gasteiger partial charge in [0, 0.05) is 19.5 Å². The third-order valence-corrected chi connectivity index (χ3v) is 4.70. The molecule has 1 atom stereocenters. The Hall–Kier alpha value is -1.94. The SMILES string of the molecule is CCOC(=O)c1ccc(OCCC2CN(c3cnc(I)cn3)CCO2)cc1. The van der Waals surface area contributed by atoms with Crippen LogP contribution in [0.3, 0.4) is 0 Å². The maximum atomic E-state index is 11.6. The zero-order valence-electron chi connectivity index (χ0n) is 15.1. The molecule has 1 aliphatic heterocycles. The first-order valence-corrected chi connectivity index (χ1v) is 9.97. The fourth-order valence-corrected chi connectivity index (χ4v) is 3.06. The Labute approximate surface area is 172 Å². The van der Waals surface area contributed by atoms with E-state index in [1.165, 1.54) is 0 Å². The summed E-state index contributed by atoms with van der Waals surface area (Å²) >= 11 is 2.15. The van der Waals surface area contributed by atoms with E-state index in [9.17, 15) is 4.79 Å². The summed E-state index contributed by atoms with van der Waals surface area (Å²) in [4.78, 5) is 22.6. The van der Waals surface area contributed by atoms with Crippen molar-refractivity contribution in [2.24, 2.45) is 0 Å². The van der Waals surface area contributed by atoms with Crippen molar-refractivity contribution in [1.29, 1.82) is 0 Å². The zero-order valence-corrected chi connectivity index (χ0v) is 17.3. The van der Waals surface area contributed by atoms with Gasteiger partial charge < -0.3 is 19.1 Å². The fraction of sp³-hybridized carbons (Fsp3) is 0.421. The van der Waals surface area contributed by atoms with Crippen LogP contribution >= 0.6 is 22.6 Å². The van der Waals surface area contributed by atoms with Crippen LogP contribution in [0.1, 0.15) is 23.7 Å². The Morgan fingerprint density at radius 1 is 1.30 bits per heavy atom. The van der Waals surface area contributed by atoms with Crippen molar-refractivity contribution in [3.05, 3.63) is 45.9 Å². The second-order valence-corrected chi connectivity index (χ2v) is 7.12. The molecule has 3 rings (SSSR count). The quantitative estimate of drug-likeness (QED) is 0.443. The van der Waals surface area contributed by atoms with E-state index in [0.717, 1.165) is 34.8 Å². The molecule has 0 bridgehead atoms. The first-order chi connectivity index (χ1) is 13.2. The average Bonchev–Trinajstić information content (AvgIpc) is 2.69. The van der Waals surface area contributed by atoms with Crippen molar-refractivity contribution in [2.45, 2.75) is 19.4 Å². The summed E-state index contributed by atoms with van der Waals surface area (Å²) in [5.74, 6) is 1.27. The van der Waals surface area contributed by atoms with Gasteiger partial charge in [0.1, 0.15) is 15.3 Å². The molecule has 1 unspecified atom stereocenters. The van der Waals surface area contributed by atoms with Crippen LogP contribution in [0.5, 0.6) is 5.75 Å². The number of morpholine rings is 1. The maximum absolute atomic E-state index is 11.6. The van der Waals surface area contributed by atoms with E-state index >= 15 is 0 Å². The number of anilines is 1. The van der Waals surface area contributed by atoms with E-state index in [1.54, 1.807) is 43.6 Å². The highest BCUT2D eigenvalue weighted by Gasteiger charge is 2.21. The number of carbonyl (C=O) groups is 1. The van der Waals surface area contributed by atoms with E-state index in [-0.39, 0.29) is 12.1 Å². The molecule has 0 radical (unpaired) electrons. The highest BCUT2D eigenvalue weighted by atomic mass is 127. The summed E-state index contributed by atoms with van der Waals surface area (Å²) in [7, 11) is 0. The lowest BCUT2D eigenvalue weighted by molar-refractivity contribution is 0.0266. The van der Waals surface area contributed by atoms with Crippen LogP contribution in [-0.2, 0) is 9.47 Å². The lowest BCUT2D eigenvalue weighted by Gasteiger charge is -2.33. The topological polar surface area (TPSA) is 73.8 Å². The van der Waals surface area contributed by atoms with E-state index in [0.29, 0.717) is 25.4 Å². The highest BCUT2D eigenvalue weighted by molar-refractivity contribution is 14.1. The van der Waals surface area contributed by atoms with E-state index in [2.05, 4.69) is 37.5 Å². The Morgan fingerprint density at radius 2 is 2.11 bits per heavy atom. The fourth-order valence-electron chi connectivity index (χ4n) is 2.78. The molecule has 1 saturated heterocycles. The minimum atomic E-state index is -0.321. The van der Waals surface area contributed by atoms with Crippen molar-refractivity contribution in [2.75, 3.05) is 37.8 Å². The van der Waals surface area contributed by atoms with Crippen LogP contribution < -0.4 is 9.64 Å². The van der Waals surface area contributed by atoms with Gasteiger partial charge in [-0.2, -0.15) is 0 Å². The smallest absolute Gasteiger partial charge is 0.338 e. The normalized spacial score (nSPS) is 16.8. The molecule has 0 aliphatic carbocycles. The van der Waals surface area contributed by atoms with Crippen LogP contribution in [0.15, 0.2) is 36.7 Å². The first-order valence-electron chi connectivity index (χ1n) is 8.90. The number of halogens is 1. The molecule has 0 spiro atoms. The number of hydrogen-bond donors (Lipinski definition) is 0. The van der Waals surface area contributed by atoms with Gasteiger partial charge in [0.2, 0.25) is 0 Å². The molecule has 2 aromatic rings. The number of aromatic nitrogens is 2. The Kier molecular flexibility index (Phi) is 7.22. The molecule has 0 amide bonds.